The molecule has 7 nitrogen and oxygen atoms in total. The SMILES string of the molecule is O=C(OCc1cc(-c2ccco2)on1)C1CCN(C(=O)c2ccc(Br)cc2)CC1. The van der Waals surface area contributed by atoms with Crippen LogP contribution in [0.3, 0.4) is 0 Å². The average Bonchev–Trinajstić information content (AvgIpc) is 3.44. The number of amides is 1. The third-order valence-electron chi connectivity index (χ3n) is 4.89. The Kier molecular flexibility index (Phi) is 5.80. The minimum atomic E-state index is -0.275. The molecule has 1 amide bonds. The van der Waals surface area contributed by atoms with Gasteiger partial charge >= 0.3 is 5.97 Å². The van der Waals surface area contributed by atoms with E-state index in [0.29, 0.717) is 48.7 Å². The van der Waals surface area contributed by atoms with E-state index in [-0.39, 0.29) is 24.4 Å². The van der Waals surface area contributed by atoms with E-state index >= 15 is 0 Å². The second-order valence-electron chi connectivity index (χ2n) is 6.84. The highest BCUT2D eigenvalue weighted by Crippen LogP contribution is 2.23. The third-order valence-corrected chi connectivity index (χ3v) is 5.42. The number of carbonyl (C=O) groups is 2. The Morgan fingerprint density at radius 3 is 2.59 bits per heavy atom. The van der Waals surface area contributed by atoms with Crippen LogP contribution in [-0.2, 0) is 16.1 Å². The number of ether oxygens (including phenoxy) is 1. The van der Waals surface area contributed by atoms with Crippen LogP contribution in [0.25, 0.3) is 11.5 Å². The van der Waals surface area contributed by atoms with E-state index in [9.17, 15) is 9.59 Å². The second kappa shape index (κ2) is 8.65. The van der Waals surface area contributed by atoms with Crippen LogP contribution in [0.2, 0.25) is 0 Å². The molecule has 1 aromatic carbocycles. The van der Waals surface area contributed by atoms with Crippen molar-refractivity contribution in [2.45, 2.75) is 19.4 Å². The standard InChI is InChI=1S/C21H19BrN2O5/c22-16-5-3-14(4-6-16)20(25)24-9-7-15(8-10-24)21(26)28-13-17-12-19(29-23-17)18-2-1-11-27-18/h1-6,11-12,15H,7-10,13H2. The highest BCUT2D eigenvalue weighted by atomic mass is 79.9. The molecule has 29 heavy (non-hydrogen) atoms. The van der Waals surface area contributed by atoms with E-state index in [4.69, 9.17) is 13.7 Å². The number of likely N-dealkylation sites (tertiary alicyclic amines) is 1. The molecular weight excluding hydrogens is 440 g/mol. The molecule has 0 bridgehead atoms. The zero-order valence-corrected chi connectivity index (χ0v) is 17.1. The fourth-order valence-electron chi connectivity index (χ4n) is 3.27. The molecular formula is C21H19BrN2O5. The molecule has 1 aliphatic heterocycles. The first-order valence-corrected chi connectivity index (χ1v) is 10.1. The zero-order chi connectivity index (χ0) is 20.2. The fraction of sp³-hybridized carbons (Fsp3) is 0.286. The lowest BCUT2D eigenvalue weighted by atomic mass is 9.96. The zero-order valence-electron chi connectivity index (χ0n) is 15.5. The summed E-state index contributed by atoms with van der Waals surface area (Å²) in [5, 5.41) is 3.90. The van der Waals surface area contributed by atoms with Gasteiger partial charge in [-0.3, -0.25) is 9.59 Å². The monoisotopic (exact) mass is 458 g/mol. The maximum absolute atomic E-state index is 12.6. The Balaban J connectivity index is 1.26. The number of aromatic nitrogens is 1. The molecule has 2 aromatic heterocycles. The molecule has 0 spiro atoms. The van der Waals surface area contributed by atoms with Gasteiger partial charge in [-0.05, 0) is 49.2 Å². The van der Waals surface area contributed by atoms with Crippen molar-refractivity contribution in [2.75, 3.05) is 13.1 Å². The molecule has 0 saturated carbocycles. The Morgan fingerprint density at radius 2 is 1.90 bits per heavy atom. The lowest BCUT2D eigenvalue weighted by molar-refractivity contribution is -0.151. The summed E-state index contributed by atoms with van der Waals surface area (Å²) in [4.78, 5) is 26.7. The highest BCUT2D eigenvalue weighted by molar-refractivity contribution is 9.10. The fourth-order valence-corrected chi connectivity index (χ4v) is 3.54. The van der Waals surface area contributed by atoms with Gasteiger partial charge in [0.25, 0.3) is 5.91 Å². The van der Waals surface area contributed by atoms with Crippen LogP contribution in [0.1, 0.15) is 28.9 Å². The first-order valence-electron chi connectivity index (χ1n) is 9.31. The molecule has 0 aliphatic carbocycles. The third kappa shape index (κ3) is 4.59. The predicted molar refractivity (Wildman–Crippen MR) is 107 cm³/mol. The molecule has 1 aliphatic rings. The summed E-state index contributed by atoms with van der Waals surface area (Å²) in [5.41, 5.74) is 1.17. The maximum Gasteiger partial charge on any atom is 0.309 e. The van der Waals surface area contributed by atoms with Gasteiger partial charge in [-0.25, -0.2) is 0 Å². The Morgan fingerprint density at radius 1 is 1.14 bits per heavy atom. The van der Waals surface area contributed by atoms with E-state index < -0.39 is 0 Å². The van der Waals surface area contributed by atoms with Crippen molar-refractivity contribution < 1.29 is 23.3 Å². The van der Waals surface area contributed by atoms with Gasteiger partial charge in [0.2, 0.25) is 5.76 Å². The van der Waals surface area contributed by atoms with Gasteiger partial charge < -0.3 is 18.6 Å². The number of hydrogen-bond acceptors (Lipinski definition) is 6. The summed E-state index contributed by atoms with van der Waals surface area (Å²) >= 11 is 3.37. The van der Waals surface area contributed by atoms with Crippen LogP contribution in [0.4, 0.5) is 0 Å². The molecule has 150 valence electrons. The number of halogens is 1. The van der Waals surface area contributed by atoms with Crippen LogP contribution in [-0.4, -0.2) is 35.0 Å². The molecule has 3 aromatic rings. The van der Waals surface area contributed by atoms with E-state index in [2.05, 4.69) is 21.1 Å². The molecule has 8 heteroatoms. The van der Waals surface area contributed by atoms with Crippen LogP contribution < -0.4 is 0 Å². The van der Waals surface area contributed by atoms with E-state index in [1.165, 1.54) is 0 Å². The largest absolute Gasteiger partial charge is 0.461 e. The van der Waals surface area contributed by atoms with Gasteiger partial charge in [0, 0.05) is 29.2 Å². The maximum atomic E-state index is 12.6. The number of piperidine rings is 1. The van der Waals surface area contributed by atoms with Gasteiger partial charge in [0.15, 0.2) is 5.76 Å². The van der Waals surface area contributed by atoms with Crippen LogP contribution in [0.15, 0.2) is 62.1 Å². The number of nitrogens with zero attached hydrogens (tertiary/aromatic N) is 2. The molecule has 0 N–H and O–H groups in total. The number of rotatable bonds is 5. The molecule has 0 radical (unpaired) electrons. The summed E-state index contributed by atoms with van der Waals surface area (Å²) < 4.78 is 16.8. The molecule has 0 unspecified atom stereocenters. The Bertz CT molecular complexity index is 973. The molecule has 0 atom stereocenters. The van der Waals surface area contributed by atoms with Gasteiger partial charge in [0.05, 0.1) is 12.2 Å². The summed E-state index contributed by atoms with van der Waals surface area (Å²) in [6.45, 7) is 1.10. The summed E-state index contributed by atoms with van der Waals surface area (Å²) in [5.74, 6) is 0.541. The van der Waals surface area contributed by atoms with E-state index in [0.717, 1.165) is 4.47 Å². The minimum Gasteiger partial charge on any atom is -0.461 e. The van der Waals surface area contributed by atoms with Crippen molar-refractivity contribution in [1.29, 1.82) is 0 Å². The Labute approximate surface area is 175 Å². The molecule has 4 rings (SSSR count). The quantitative estimate of drug-likeness (QED) is 0.530. The van der Waals surface area contributed by atoms with Crippen LogP contribution in [0, 0.1) is 5.92 Å². The van der Waals surface area contributed by atoms with Crippen molar-refractivity contribution in [3.05, 3.63) is 64.5 Å². The van der Waals surface area contributed by atoms with Gasteiger partial charge in [0.1, 0.15) is 12.3 Å². The summed E-state index contributed by atoms with van der Waals surface area (Å²) in [6.07, 6.45) is 2.71. The van der Waals surface area contributed by atoms with Crippen molar-refractivity contribution in [1.82, 2.24) is 10.1 Å². The van der Waals surface area contributed by atoms with Crippen molar-refractivity contribution >= 4 is 27.8 Å². The first kappa shape index (κ1) is 19.4. The highest BCUT2D eigenvalue weighted by Gasteiger charge is 2.29. The minimum absolute atomic E-state index is 0.0163. The lowest BCUT2D eigenvalue weighted by Gasteiger charge is -2.31. The van der Waals surface area contributed by atoms with Crippen LogP contribution in [0.5, 0.6) is 0 Å². The number of benzene rings is 1. The second-order valence-corrected chi connectivity index (χ2v) is 7.76. The van der Waals surface area contributed by atoms with E-state index in [1.807, 2.05) is 12.1 Å². The summed E-state index contributed by atoms with van der Waals surface area (Å²) in [7, 11) is 0. The number of esters is 1. The van der Waals surface area contributed by atoms with Crippen molar-refractivity contribution in [3.63, 3.8) is 0 Å². The van der Waals surface area contributed by atoms with E-state index in [1.54, 1.807) is 41.5 Å². The van der Waals surface area contributed by atoms with Gasteiger partial charge in [-0.15, -0.1) is 0 Å². The topological polar surface area (TPSA) is 85.8 Å². The lowest BCUT2D eigenvalue weighted by Crippen LogP contribution is -2.40. The smallest absolute Gasteiger partial charge is 0.309 e. The van der Waals surface area contributed by atoms with Crippen molar-refractivity contribution in [3.8, 4) is 11.5 Å². The Hall–Kier alpha value is -2.87. The normalized spacial score (nSPS) is 14.7. The number of carbonyl (C=O) groups excluding carboxylic acids is 2. The molecule has 1 fully saturated rings. The molecule has 1 saturated heterocycles. The van der Waals surface area contributed by atoms with Gasteiger partial charge in [-0.2, -0.15) is 0 Å². The average molecular weight is 459 g/mol. The predicted octanol–water partition coefficient (Wildman–Crippen LogP) is 4.29. The first-order chi connectivity index (χ1) is 14.1. The molecule has 3 heterocycles. The van der Waals surface area contributed by atoms with Gasteiger partial charge in [-0.1, -0.05) is 21.1 Å². The van der Waals surface area contributed by atoms with Crippen LogP contribution >= 0.6 is 15.9 Å². The van der Waals surface area contributed by atoms with Crippen molar-refractivity contribution in [2.24, 2.45) is 5.92 Å². The number of furan rings is 1. The number of hydrogen-bond donors (Lipinski definition) is 0. The summed E-state index contributed by atoms with van der Waals surface area (Å²) in [6, 6.07) is 12.5.